The lowest BCUT2D eigenvalue weighted by Crippen LogP contribution is -2.19. The number of fused-ring (bicyclic) bond motifs is 1. The van der Waals surface area contributed by atoms with Crippen molar-refractivity contribution >= 4 is 39.9 Å². The van der Waals surface area contributed by atoms with Crippen LogP contribution in [0.4, 0.5) is 16.2 Å². The molecule has 0 fully saturated rings. The molecule has 0 bridgehead atoms. The maximum atomic E-state index is 12.5. The number of nitrogens with zero attached hydrogens (tertiary/aromatic N) is 1. The van der Waals surface area contributed by atoms with Gasteiger partial charge in [-0.15, -0.1) is 0 Å². The number of hydrogen-bond acceptors (Lipinski definition) is 4. The number of carbonyl (C=O) groups excluding carboxylic acids is 1. The highest BCUT2D eigenvalue weighted by Crippen LogP contribution is 2.32. The largest absolute Gasteiger partial charge is 0.494 e. The highest BCUT2D eigenvalue weighted by atomic mass is 35.5. The molecule has 6 nitrogen and oxygen atoms in total. The maximum Gasteiger partial charge on any atom is 0.323 e. The standard InChI is InChI=1S/C26H24ClN3O3/c1-3-32-21-12-9-19(10-13-21)28-26(31)29-20-11-14-23-22(15-20)25(33-4-2)16-24(30-23)17-5-7-18(27)8-6-17/h5-16H,3-4H2,1-2H3,(H2,28,29,31). The lowest BCUT2D eigenvalue weighted by Gasteiger charge is -2.13. The van der Waals surface area contributed by atoms with Crippen molar-refractivity contribution in [1.82, 2.24) is 4.98 Å². The van der Waals surface area contributed by atoms with E-state index in [1.807, 2.05) is 74.5 Å². The number of anilines is 2. The summed E-state index contributed by atoms with van der Waals surface area (Å²) in [5, 5.41) is 7.17. The van der Waals surface area contributed by atoms with Gasteiger partial charge in [0.15, 0.2) is 0 Å². The summed E-state index contributed by atoms with van der Waals surface area (Å²) in [5.41, 5.74) is 3.80. The number of ether oxygens (including phenoxy) is 2. The van der Waals surface area contributed by atoms with Crippen LogP contribution in [0.1, 0.15) is 13.8 Å². The van der Waals surface area contributed by atoms with Crippen LogP contribution in [0.3, 0.4) is 0 Å². The van der Waals surface area contributed by atoms with E-state index in [4.69, 9.17) is 26.1 Å². The zero-order valence-electron chi connectivity index (χ0n) is 18.4. The van der Waals surface area contributed by atoms with E-state index in [1.54, 1.807) is 12.1 Å². The van der Waals surface area contributed by atoms with E-state index in [2.05, 4.69) is 10.6 Å². The third-order valence-corrected chi connectivity index (χ3v) is 5.14. The fourth-order valence-corrected chi connectivity index (χ4v) is 3.54. The summed E-state index contributed by atoms with van der Waals surface area (Å²) in [6, 6.07) is 21.8. The monoisotopic (exact) mass is 461 g/mol. The van der Waals surface area contributed by atoms with Gasteiger partial charge in [-0.3, -0.25) is 0 Å². The molecule has 0 saturated carbocycles. The number of hydrogen-bond donors (Lipinski definition) is 2. The Morgan fingerprint density at radius 2 is 1.52 bits per heavy atom. The van der Waals surface area contributed by atoms with Crippen molar-refractivity contribution in [2.45, 2.75) is 13.8 Å². The number of nitrogens with one attached hydrogen (secondary N) is 2. The second-order valence-electron chi connectivity index (χ2n) is 7.21. The highest BCUT2D eigenvalue weighted by Gasteiger charge is 2.11. The van der Waals surface area contributed by atoms with Gasteiger partial charge in [0.1, 0.15) is 11.5 Å². The average Bonchev–Trinajstić information content (AvgIpc) is 2.81. The van der Waals surface area contributed by atoms with Gasteiger partial charge in [-0.05, 0) is 68.4 Å². The average molecular weight is 462 g/mol. The Hall–Kier alpha value is -3.77. The van der Waals surface area contributed by atoms with E-state index < -0.39 is 0 Å². The molecule has 1 heterocycles. The summed E-state index contributed by atoms with van der Waals surface area (Å²) >= 11 is 6.01. The van der Waals surface area contributed by atoms with E-state index in [1.165, 1.54) is 0 Å². The van der Waals surface area contributed by atoms with Gasteiger partial charge in [-0.1, -0.05) is 23.7 Å². The van der Waals surface area contributed by atoms with Crippen molar-refractivity contribution in [2.24, 2.45) is 0 Å². The fraction of sp³-hybridized carbons (Fsp3) is 0.154. The summed E-state index contributed by atoms with van der Waals surface area (Å²) in [6.07, 6.45) is 0. The summed E-state index contributed by atoms with van der Waals surface area (Å²) in [6.45, 7) is 4.96. The van der Waals surface area contributed by atoms with E-state index in [-0.39, 0.29) is 6.03 Å². The van der Waals surface area contributed by atoms with Gasteiger partial charge in [0.25, 0.3) is 0 Å². The van der Waals surface area contributed by atoms with Crippen LogP contribution in [0, 0.1) is 0 Å². The molecular weight excluding hydrogens is 438 g/mol. The van der Waals surface area contributed by atoms with Crippen LogP contribution in [-0.2, 0) is 0 Å². The predicted octanol–water partition coefficient (Wildman–Crippen LogP) is 7.00. The quantitative estimate of drug-likeness (QED) is 0.311. The van der Waals surface area contributed by atoms with Crippen LogP contribution in [0.25, 0.3) is 22.2 Å². The molecule has 33 heavy (non-hydrogen) atoms. The minimum Gasteiger partial charge on any atom is -0.494 e. The molecule has 2 N–H and O–H groups in total. The summed E-state index contributed by atoms with van der Waals surface area (Å²) in [7, 11) is 0. The minimum atomic E-state index is -0.345. The molecule has 7 heteroatoms. The van der Waals surface area contributed by atoms with E-state index in [9.17, 15) is 4.79 Å². The first kappa shape index (κ1) is 22.4. The zero-order chi connectivity index (χ0) is 23.2. The van der Waals surface area contributed by atoms with E-state index >= 15 is 0 Å². The highest BCUT2D eigenvalue weighted by molar-refractivity contribution is 6.30. The van der Waals surface area contributed by atoms with Crippen molar-refractivity contribution in [3.63, 3.8) is 0 Å². The van der Waals surface area contributed by atoms with Crippen molar-refractivity contribution in [1.29, 1.82) is 0 Å². The van der Waals surface area contributed by atoms with Crippen LogP contribution < -0.4 is 20.1 Å². The molecule has 0 saturated heterocycles. The number of amides is 2. The zero-order valence-corrected chi connectivity index (χ0v) is 19.1. The molecule has 4 aromatic rings. The number of carbonyl (C=O) groups is 1. The molecule has 0 aliphatic carbocycles. The molecule has 168 valence electrons. The van der Waals surface area contributed by atoms with Crippen molar-refractivity contribution in [3.05, 3.63) is 77.8 Å². The van der Waals surface area contributed by atoms with Crippen LogP contribution >= 0.6 is 11.6 Å². The third-order valence-electron chi connectivity index (χ3n) is 4.89. The molecule has 1 aromatic heterocycles. The number of urea groups is 1. The van der Waals surface area contributed by atoms with Gasteiger partial charge in [0, 0.05) is 33.4 Å². The molecule has 2 amide bonds. The molecule has 3 aromatic carbocycles. The second-order valence-corrected chi connectivity index (χ2v) is 7.65. The minimum absolute atomic E-state index is 0.345. The number of pyridine rings is 1. The smallest absolute Gasteiger partial charge is 0.323 e. The Balaban J connectivity index is 1.56. The fourth-order valence-electron chi connectivity index (χ4n) is 3.41. The van der Waals surface area contributed by atoms with Gasteiger partial charge in [0.2, 0.25) is 0 Å². The predicted molar refractivity (Wildman–Crippen MR) is 134 cm³/mol. The van der Waals surface area contributed by atoms with E-state index in [0.717, 1.165) is 27.9 Å². The number of rotatable bonds is 7. The van der Waals surface area contributed by atoms with Gasteiger partial charge < -0.3 is 20.1 Å². The molecule has 0 aliphatic rings. The first-order valence-corrected chi connectivity index (χ1v) is 11.1. The third kappa shape index (κ3) is 5.54. The Morgan fingerprint density at radius 3 is 2.21 bits per heavy atom. The Labute approximate surface area is 197 Å². The SMILES string of the molecule is CCOc1ccc(NC(=O)Nc2ccc3nc(-c4ccc(Cl)cc4)cc(OCC)c3c2)cc1. The van der Waals surface area contributed by atoms with Crippen molar-refractivity contribution in [2.75, 3.05) is 23.8 Å². The van der Waals surface area contributed by atoms with E-state index in [0.29, 0.717) is 35.4 Å². The molecule has 4 rings (SSSR count). The molecule has 0 aliphatic heterocycles. The van der Waals surface area contributed by atoms with Crippen LogP contribution in [0.5, 0.6) is 11.5 Å². The van der Waals surface area contributed by atoms with Gasteiger partial charge in [0.05, 0.1) is 24.4 Å². The summed E-state index contributed by atoms with van der Waals surface area (Å²) < 4.78 is 11.3. The number of benzene rings is 3. The second kappa shape index (κ2) is 10.2. The first-order valence-electron chi connectivity index (χ1n) is 10.7. The Morgan fingerprint density at radius 1 is 0.848 bits per heavy atom. The molecule has 0 spiro atoms. The molecule has 0 atom stereocenters. The van der Waals surface area contributed by atoms with Crippen molar-refractivity contribution < 1.29 is 14.3 Å². The van der Waals surface area contributed by atoms with Gasteiger partial charge in [-0.2, -0.15) is 0 Å². The topological polar surface area (TPSA) is 72.5 Å². The number of halogens is 1. The number of aromatic nitrogens is 1. The summed E-state index contributed by atoms with van der Waals surface area (Å²) in [4.78, 5) is 17.3. The summed E-state index contributed by atoms with van der Waals surface area (Å²) in [5.74, 6) is 1.45. The van der Waals surface area contributed by atoms with Gasteiger partial charge in [-0.25, -0.2) is 9.78 Å². The maximum absolute atomic E-state index is 12.5. The van der Waals surface area contributed by atoms with Crippen molar-refractivity contribution in [3.8, 4) is 22.8 Å². The molecular formula is C26H24ClN3O3. The van der Waals surface area contributed by atoms with Gasteiger partial charge >= 0.3 is 6.03 Å². The van der Waals surface area contributed by atoms with Crippen LogP contribution in [0.15, 0.2) is 72.8 Å². The Kier molecular flexibility index (Phi) is 6.95. The van der Waals surface area contributed by atoms with Crippen LogP contribution in [0.2, 0.25) is 5.02 Å². The molecule has 0 radical (unpaired) electrons. The first-order chi connectivity index (χ1) is 16.1. The normalized spacial score (nSPS) is 10.6. The lowest BCUT2D eigenvalue weighted by atomic mass is 10.1. The molecule has 0 unspecified atom stereocenters. The lowest BCUT2D eigenvalue weighted by molar-refractivity contribution is 0.262. The Bertz CT molecular complexity index is 1260. The van der Waals surface area contributed by atoms with Crippen LogP contribution in [-0.4, -0.2) is 24.2 Å².